The molecule has 0 saturated carbocycles. The standard InChI is InChI=1S/C25H26N4O3/c1-16-9-8-12-21(13-16)31-15-22-19(4)32-28-24(22)25(30)26-23-17(2)27-29(18(23)3)14-20-10-6-5-7-11-20/h5-13H,14-15H2,1-4H3,(H,26,30). The van der Waals surface area contributed by atoms with E-state index < -0.39 is 0 Å². The van der Waals surface area contributed by atoms with Gasteiger partial charge in [0.15, 0.2) is 5.69 Å². The molecule has 0 fully saturated rings. The molecule has 7 heteroatoms. The lowest BCUT2D eigenvalue weighted by molar-refractivity contribution is 0.101. The number of carbonyl (C=O) groups excluding carboxylic acids is 1. The molecule has 2 aromatic heterocycles. The highest BCUT2D eigenvalue weighted by molar-refractivity contribution is 6.04. The number of rotatable bonds is 7. The number of ether oxygens (including phenoxy) is 1. The summed E-state index contributed by atoms with van der Waals surface area (Å²) < 4.78 is 13.1. The van der Waals surface area contributed by atoms with Crippen LogP contribution < -0.4 is 10.1 Å². The van der Waals surface area contributed by atoms with Crippen LogP contribution in [0.1, 0.15) is 44.3 Å². The van der Waals surface area contributed by atoms with Gasteiger partial charge in [-0.15, -0.1) is 0 Å². The van der Waals surface area contributed by atoms with Crippen LogP contribution in [0.25, 0.3) is 0 Å². The molecule has 0 atom stereocenters. The van der Waals surface area contributed by atoms with Gasteiger partial charge in [0.05, 0.1) is 29.2 Å². The van der Waals surface area contributed by atoms with E-state index in [-0.39, 0.29) is 18.2 Å². The van der Waals surface area contributed by atoms with Crippen molar-refractivity contribution in [1.82, 2.24) is 14.9 Å². The Morgan fingerprint density at radius 1 is 1.06 bits per heavy atom. The van der Waals surface area contributed by atoms with Crippen LogP contribution in [0, 0.1) is 27.7 Å². The zero-order chi connectivity index (χ0) is 22.7. The zero-order valence-electron chi connectivity index (χ0n) is 18.7. The molecule has 2 heterocycles. The van der Waals surface area contributed by atoms with Crippen LogP contribution >= 0.6 is 0 Å². The van der Waals surface area contributed by atoms with Crippen LogP contribution in [0.4, 0.5) is 5.69 Å². The Hall–Kier alpha value is -3.87. The topological polar surface area (TPSA) is 82.2 Å². The summed E-state index contributed by atoms with van der Waals surface area (Å²) in [6.45, 7) is 8.40. The maximum atomic E-state index is 13.1. The van der Waals surface area contributed by atoms with Gasteiger partial charge in [0, 0.05) is 0 Å². The van der Waals surface area contributed by atoms with Gasteiger partial charge in [0.1, 0.15) is 18.1 Å². The van der Waals surface area contributed by atoms with Gasteiger partial charge in [0.2, 0.25) is 0 Å². The van der Waals surface area contributed by atoms with Crippen LogP contribution in [-0.2, 0) is 13.2 Å². The molecule has 32 heavy (non-hydrogen) atoms. The molecule has 7 nitrogen and oxygen atoms in total. The lowest BCUT2D eigenvalue weighted by Crippen LogP contribution is -2.16. The lowest BCUT2D eigenvalue weighted by Gasteiger charge is -2.09. The largest absolute Gasteiger partial charge is 0.489 e. The highest BCUT2D eigenvalue weighted by atomic mass is 16.5. The summed E-state index contributed by atoms with van der Waals surface area (Å²) in [5.74, 6) is 0.928. The minimum absolute atomic E-state index is 0.187. The maximum absolute atomic E-state index is 13.1. The van der Waals surface area contributed by atoms with Crippen LogP contribution in [0.3, 0.4) is 0 Å². The second-order valence-electron chi connectivity index (χ2n) is 7.81. The molecule has 164 valence electrons. The fraction of sp³-hybridized carbons (Fsp3) is 0.240. The Morgan fingerprint density at radius 2 is 1.84 bits per heavy atom. The van der Waals surface area contributed by atoms with Gasteiger partial charge in [-0.05, 0) is 51.0 Å². The molecule has 4 rings (SSSR count). The molecule has 4 aromatic rings. The van der Waals surface area contributed by atoms with Crippen molar-refractivity contribution < 1.29 is 14.1 Å². The highest BCUT2D eigenvalue weighted by Gasteiger charge is 2.23. The van der Waals surface area contributed by atoms with Gasteiger partial charge in [0.25, 0.3) is 5.91 Å². The number of anilines is 1. The predicted octanol–water partition coefficient (Wildman–Crippen LogP) is 4.98. The summed E-state index contributed by atoms with van der Waals surface area (Å²) in [6, 6.07) is 17.8. The van der Waals surface area contributed by atoms with E-state index in [1.165, 1.54) is 0 Å². The van der Waals surface area contributed by atoms with Gasteiger partial charge >= 0.3 is 0 Å². The zero-order valence-corrected chi connectivity index (χ0v) is 18.7. The summed E-state index contributed by atoms with van der Waals surface area (Å²) in [5, 5.41) is 11.5. The van der Waals surface area contributed by atoms with E-state index >= 15 is 0 Å². The molecule has 0 aliphatic rings. The molecule has 0 saturated heterocycles. The van der Waals surface area contributed by atoms with E-state index in [2.05, 4.69) is 15.6 Å². The average molecular weight is 431 g/mol. The predicted molar refractivity (Wildman–Crippen MR) is 122 cm³/mol. The van der Waals surface area contributed by atoms with Crippen molar-refractivity contribution in [3.05, 3.63) is 94.1 Å². The molecular formula is C25H26N4O3. The first kappa shape index (κ1) is 21.4. The third kappa shape index (κ3) is 4.56. The summed E-state index contributed by atoms with van der Waals surface area (Å²) in [5.41, 5.74) is 5.36. The molecule has 0 spiro atoms. The third-order valence-electron chi connectivity index (χ3n) is 5.37. The minimum atomic E-state index is -0.352. The van der Waals surface area contributed by atoms with Crippen LogP contribution in [-0.4, -0.2) is 20.8 Å². The average Bonchev–Trinajstić information content (AvgIpc) is 3.27. The van der Waals surface area contributed by atoms with Crippen molar-refractivity contribution in [2.45, 2.75) is 40.8 Å². The molecule has 0 unspecified atom stereocenters. The molecule has 1 N–H and O–H groups in total. The Morgan fingerprint density at radius 3 is 2.59 bits per heavy atom. The third-order valence-corrected chi connectivity index (χ3v) is 5.37. The number of aryl methyl sites for hydroxylation is 3. The fourth-order valence-electron chi connectivity index (χ4n) is 3.56. The highest BCUT2D eigenvalue weighted by Crippen LogP contribution is 2.23. The van der Waals surface area contributed by atoms with Crippen LogP contribution in [0.15, 0.2) is 59.1 Å². The van der Waals surface area contributed by atoms with Gasteiger partial charge in [-0.3, -0.25) is 9.48 Å². The maximum Gasteiger partial charge on any atom is 0.278 e. The van der Waals surface area contributed by atoms with Crippen LogP contribution in [0.2, 0.25) is 0 Å². The molecule has 0 radical (unpaired) electrons. The Balaban J connectivity index is 1.51. The smallest absolute Gasteiger partial charge is 0.278 e. The van der Waals surface area contributed by atoms with Crippen molar-refractivity contribution in [3.63, 3.8) is 0 Å². The minimum Gasteiger partial charge on any atom is -0.489 e. The lowest BCUT2D eigenvalue weighted by atomic mass is 10.2. The Kier molecular flexibility index (Phi) is 6.07. The molecule has 1 amide bonds. The summed E-state index contributed by atoms with van der Waals surface area (Å²) in [7, 11) is 0. The summed E-state index contributed by atoms with van der Waals surface area (Å²) in [4.78, 5) is 13.1. The first-order valence-electron chi connectivity index (χ1n) is 10.5. The van der Waals surface area contributed by atoms with Crippen LogP contribution in [0.5, 0.6) is 5.75 Å². The second-order valence-corrected chi connectivity index (χ2v) is 7.81. The van der Waals surface area contributed by atoms with Gasteiger partial charge < -0.3 is 14.6 Å². The normalized spacial score (nSPS) is 10.9. The van der Waals surface area contributed by atoms with Crippen molar-refractivity contribution in [1.29, 1.82) is 0 Å². The number of amides is 1. The molecular weight excluding hydrogens is 404 g/mol. The molecule has 2 aromatic carbocycles. The number of carbonyl (C=O) groups is 1. The second kappa shape index (κ2) is 9.09. The van der Waals surface area contributed by atoms with Gasteiger partial charge in [-0.1, -0.05) is 47.6 Å². The van der Waals surface area contributed by atoms with E-state index in [1.54, 1.807) is 6.92 Å². The van der Waals surface area contributed by atoms with Gasteiger partial charge in [-0.25, -0.2) is 0 Å². The quantitative estimate of drug-likeness (QED) is 0.447. The van der Waals surface area contributed by atoms with E-state index in [0.717, 1.165) is 28.3 Å². The monoisotopic (exact) mass is 430 g/mol. The first-order chi connectivity index (χ1) is 15.4. The number of aromatic nitrogens is 3. The summed E-state index contributed by atoms with van der Waals surface area (Å²) >= 11 is 0. The number of nitrogens with one attached hydrogen (secondary N) is 1. The number of hydrogen-bond acceptors (Lipinski definition) is 5. The SMILES string of the molecule is Cc1cccc(OCc2c(C(=O)Nc3c(C)nn(Cc4ccccc4)c3C)noc2C)c1. The molecule has 0 aliphatic heterocycles. The van der Waals surface area contributed by atoms with E-state index in [1.807, 2.05) is 80.1 Å². The van der Waals surface area contributed by atoms with E-state index in [4.69, 9.17) is 9.26 Å². The number of benzene rings is 2. The molecule has 0 aliphatic carbocycles. The first-order valence-corrected chi connectivity index (χ1v) is 10.5. The van der Waals surface area contributed by atoms with Crippen molar-refractivity contribution in [3.8, 4) is 5.75 Å². The number of hydrogen-bond donors (Lipinski definition) is 1. The van der Waals surface area contributed by atoms with E-state index in [9.17, 15) is 4.79 Å². The molecule has 0 bridgehead atoms. The Labute approximate surface area is 187 Å². The van der Waals surface area contributed by atoms with Crippen molar-refractivity contribution in [2.75, 3.05) is 5.32 Å². The van der Waals surface area contributed by atoms with Crippen molar-refractivity contribution >= 4 is 11.6 Å². The van der Waals surface area contributed by atoms with E-state index in [0.29, 0.717) is 23.6 Å². The number of nitrogens with zero attached hydrogens (tertiary/aromatic N) is 3. The summed E-state index contributed by atoms with van der Waals surface area (Å²) in [6.07, 6.45) is 0. The Bertz CT molecular complexity index is 1240. The van der Waals surface area contributed by atoms with Crippen molar-refractivity contribution in [2.24, 2.45) is 0 Å². The fourth-order valence-corrected chi connectivity index (χ4v) is 3.56. The van der Waals surface area contributed by atoms with Gasteiger partial charge in [-0.2, -0.15) is 5.10 Å².